The molecule has 1 aliphatic carbocycles. The molecule has 0 bridgehead atoms. The lowest BCUT2D eigenvalue weighted by Crippen LogP contribution is -2.51. The number of methoxy groups -OCH3 is 1. The Kier molecular flexibility index (Phi) is 7.77. The molecule has 6 N–H and O–H groups in total. The molecular formula is C17H27ClN4O3. The number of ether oxygens (including phenoxy) is 1. The number of benzene rings is 1. The van der Waals surface area contributed by atoms with E-state index in [-0.39, 0.29) is 25.2 Å². The smallest absolute Gasteiger partial charge is 0.196 e. The van der Waals surface area contributed by atoms with E-state index < -0.39 is 6.10 Å². The summed E-state index contributed by atoms with van der Waals surface area (Å²) in [5.74, 6) is 1.09. The van der Waals surface area contributed by atoms with Gasteiger partial charge in [0.1, 0.15) is 5.75 Å². The first kappa shape index (κ1) is 19.8. The maximum Gasteiger partial charge on any atom is 0.196 e. The molecule has 1 unspecified atom stereocenters. The SMILES string of the molecule is COc1ccc(Cl)cc1NC(=NCC(O)CO)N[C@H]1CCCC[C@@H]1N. The van der Waals surface area contributed by atoms with Crippen LogP contribution in [0.3, 0.4) is 0 Å². The van der Waals surface area contributed by atoms with Crippen LogP contribution in [0.4, 0.5) is 5.69 Å². The first-order valence-electron chi connectivity index (χ1n) is 8.49. The number of halogens is 1. The number of rotatable bonds is 6. The quantitative estimate of drug-likeness (QED) is 0.381. The summed E-state index contributed by atoms with van der Waals surface area (Å²) in [5, 5.41) is 25.7. The predicted octanol–water partition coefficient (Wildman–Crippen LogP) is 1.33. The van der Waals surface area contributed by atoms with Crippen molar-refractivity contribution >= 4 is 23.2 Å². The zero-order chi connectivity index (χ0) is 18.2. The molecule has 0 spiro atoms. The Morgan fingerprint density at radius 2 is 2.20 bits per heavy atom. The fourth-order valence-electron chi connectivity index (χ4n) is 2.80. The van der Waals surface area contributed by atoms with Crippen molar-refractivity contribution in [3.05, 3.63) is 23.2 Å². The van der Waals surface area contributed by atoms with E-state index in [1.165, 1.54) is 0 Å². The van der Waals surface area contributed by atoms with E-state index in [2.05, 4.69) is 15.6 Å². The third kappa shape index (κ3) is 6.04. The third-order valence-corrected chi connectivity index (χ3v) is 4.46. The molecule has 1 fully saturated rings. The van der Waals surface area contributed by atoms with Crippen LogP contribution >= 0.6 is 11.6 Å². The minimum absolute atomic E-state index is 0.0461. The molecule has 1 saturated carbocycles. The van der Waals surface area contributed by atoms with E-state index >= 15 is 0 Å². The van der Waals surface area contributed by atoms with Gasteiger partial charge in [0.2, 0.25) is 0 Å². The largest absolute Gasteiger partial charge is 0.495 e. The summed E-state index contributed by atoms with van der Waals surface area (Å²) < 4.78 is 5.34. The van der Waals surface area contributed by atoms with Gasteiger partial charge in [0.15, 0.2) is 5.96 Å². The van der Waals surface area contributed by atoms with Crippen molar-refractivity contribution in [1.82, 2.24) is 5.32 Å². The molecule has 2 rings (SSSR count). The molecule has 3 atom stereocenters. The normalized spacial score (nSPS) is 22.4. The van der Waals surface area contributed by atoms with Gasteiger partial charge in [-0.05, 0) is 31.0 Å². The molecule has 1 aromatic rings. The minimum atomic E-state index is -0.917. The van der Waals surface area contributed by atoms with Crippen LogP contribution in [-0.2, 0) is 0 Å². The number of aliphatic hydroxyl groups is 2. The first-order valence-corrected chi connectivity index (χ1v) is 8.87. The number of hydrogen-bond donors (Lipinski definition) is 5. The maximum atomic E-state index is 9.59. The Morgan fingerprint density at radius 1 is 1.44 bits per heavy atom. The Labute approximate surface area is 153 Å². The Bertz CT molecular complexity index is 585. The fourth-order valence-corrected chi connectivity index (χ4v) is 2.97. The summed E-state index contributed by atoms with van der Waals surface area (Å²) in [5.41, 5.74) is 6.86. The molecule has 0 amide bonds. The highest BCUT2D eigenvalue weighted by atomic mass is 35.5. The number of anilines is 1. The van der Waals surface area contributed by atoms with Gasteiger partial charge in [-0.3, -0.25) is 4.99 Å². The van der Waals surface area contributed by atoms with Crippen LogP contribution in [0.5, 0.6) is 5.75 Å². The molecule has 8 heteroatoms. The van der Waals surface area contributed by atoms with Gasteiger partial charge in [0.25, 0.3) is 0 Å². The molecule has 25 heavy (non-hydrogen) atoms. The van der Waals surface area contributed by atoms with Crippen LogP contribution in [0.15, 0.2) is 23.2 Å². The average Bonchev–Trinajstić information content (AvgIpc) is 2.61. The van der Waals surface area contributed by atoms with Crippen molar-refractivity contribution < 1.29 is 14.9 Å². The molecule has 0 aliphatic heterocycles. The van der Waals surface area contributed by atoms with Crippen LogP contribution in [0.25, 0.3) is 0 Å². The van der Waals surface area contributed by atoms with Gasteiger partial charge in [-0.15, -0.1) is 0 Å². The van der Waals surface area contributed by atoms with Gasteiger partial charge in [-0.1, -0.05) is 24.4 Å². The molecule has 0 heterocycles. The molecule has 1 aromatic carbocycles. The topological polar surface area (TPSA) is 112 Å². The highest BCUT2D eigenvalue weighted by Crippen LogP contribution is 2.27. The van der Waals surface area contributed by atoms with Crippen LogP contribution in [0.2, 0.25) is 5.02 Å². The second kappa shape index (κ2) is 9.82. The number of nitrogens with one attached hydrogen (secondary N) is 2. The monoisotopic (exact) mass is 370 g/mol. The number of guanidine groups is 1. The predicted molar refractivity (Wildman–Crippen MR) is 100 cm³/mol. The second-order valence-electron chi connectivity index (χ2n) is 6.19. The Balaban J connectivity index is 2.17. The van der Waals surface area contributed by atoms with Gasteiger partial charge >= 0.3 is 0 Å². The summed E-state index contributed by atoms with van der Waals surface area (Å²) in [6.45, 7) is -0.281. The first-order chi connectivity index (χ1) is 12.0. The van der Waals surface area contributed by atoms with Gasteiger partial charge in [0.05, 0.1) is 32.1 Å². The summed E-state index contributed by atoms with van der Waals surface area (Å²) in [6, 6.07) is 5.38. The van der Waals surface area contributed by atoms with Crippen LogP contribution < -0.4 is 21.1 Å². The zero-order valence-corrected chi connectivity index (χ0v) is 15.2. The summed E-state index contributed by atoms with van der Waals surface area (Å²) in [6.07, 6.45) is 3.24. The van der Waals surface area contributed by atoms with Crippen molar-refractivity contribution in [2.24, 2.45) is 10.7 Å². The fraction of sp³-hybridized carbons (Fsp3) is 0.588. The third-order valence-electron chi connectivity index (χ3n) is 4.23. The van der Waals surface area contributed by atoms with Gasteiger partial charge in [0, 0.05) is 17.1 Å². The lowest BCUT2D eigenvalue weighted by Gasteiger charge is -2.31. The van der Waals surface area contributed by atoms with E-state index in [0.717, 1.165) is 25.7 Å². The number of nitrogens with zero attached hydrogens (tertiary/aromatic N) is 1. The highest BCUT2D eigenvalue weighted by Gasteiger charge is 2.23. The summed E-state index contributed by atoms with van der Waals surface area (Å²) in [7, 11) is 1.57. The van der Waals surface area contributed by atoms with Gasteiger partial charge in [-0.2, -0.15) is 0 Å². The molecule has 1 aliphatic rings. The summed E-state index contributed by atoms with van der Waals surface area (Å²) in [4.78, 5) is 4.35. The molecular weight excluding hydrogens is 344 g/mol. The van der Waals surface area contributed by atoms with E-state index in [1.54, 1.807) is 25.3 Å². The van der Waals surface area contributed by atoms with Crippen LogP contribution in [0, 0.1) is 0 Å². The van der Waals surface area contributed by atoms with E-state index in [0.29, 0.717) is 22.4 Å². The van der Waals surface area contributed by atoms with Crippen molar-refractivity contribution in [2.75, 3.05) is 25.6 Å². The molecule has 140 valence electrons. The average molecular weight is 371 g/mol. The molecule has 0 saturated heterocycles. The maximum absolute atomic E-state index is 9.59. The van der Waals surface area contributed by atoms with Crippen molar-refractivity contribution in [3.63, 3.8) is 0 Å². The number of hydrogen-bond acceptors (Lipinski definition) is 5. The number of nitrogens with two attached hydrogens (primary N) is 1. The summed E-state index contributed by atoms with van der Waals surface area (Å²) >= 11 is 6.07. The lowest BCUT2D eigenvalue weighted by atomic mass is 9.91. The molecule has 0 radical (unpaired) electrons. The standard InChI is InChI=1S/C17H27ClN4O3/c1-25-16-7-6-11(18)8-15(16)22-17(20-9-12(24)10-23)21-14-5-3-2-4-13(14)19/h6-8,12-14,23-24H,2-5,9-10,19H2,1H3,(H2,20,21,22)/t12?,13-,14-/m0/s1. The van der Waals surface area contributed by atoms with Crippen molar-refractivity contribution in [2.45, 2.75) is 43.9 Å². The Hall–Kier alpha value is -1.54. The highest BCUT2D eigenvalue weighted by molar-refractivity contribution is 6.31. The van der Waals surface area contributed by atoms with Crippen molar-refractivity contribution in [1.29, 1.82) is 0 Å². The zero-order valence-electron chi connectivity index (χ0n) is 14.4. The van der Waals surface area contributed by atoms with Crippen LogP contribution in [-0.4, -0.2) is 54.6 Å². The van der Waals surface area contributed by atoms with Gasteiger partial charge < -0.3 is 31.3 Å². The van der Waals surface area contributed by atoms with E-state index in [1.807, 2.05) is 0 Å². The number of aliphatic imine (C=N–C) groups is 1. The van der Waals surface area contributed by atoms with E-state index in [9.17, 15) is 5.11 Å². The molecule has 7 nitrogen and oxygen atoms in total. The van der Waals surface area contributed by atoms with Crippen LogP contribution in [0.1, 0.15) is 25.7 Å². The van der Waals surface area contributed by atoms with E-state index in [4.69, 9.17) is 27.2 Å². The second-order valence-corrected chi connectivity index (χ2v) is 6.63. The van der Waals surface area contributed by atoms with Crippen molar-refractivity contribution in [3.8, 4) is 5.75 Å². The number of aliphatic hydroxyl groups excluding tert-OH is 2. The molecule has 0 aromatic heterocycles. The van der Waals surface area contributed by atoms with Gasteiger partial charge in [-0.25, -0.2) is 0 Å². The Morgan fingerprint density at radius 3 is 2.88 bits per heavy atom. The lowest BCUT2D eigenvalue weighted by molar-refractivity contribution is 0.102. The minimum Gasteiger partial charge on any atom is -0.495 e.